The van der Waals surface area contributed by atoms with E-state index >= 15 is 0 Å². The third kappa shape index (κ3) is 7.61. The van der Waals surface area contributed by atoms with Gasteiger partial charge in [-0.2, -0.15) is 13.2 Å². The summed E-state index contributed by atoms with van der Waals surface area (Å²) in [5, 5.41) is 4.29. The van der Waals surface area contributed by atoms with Gasteiger partial charge in [0.25, 0.3) is 5.56 Å². The SMILES string of the molecule is CC1(C)CCN(C(=O)[C@@H](NC(=O)C(F)(F)F)C(C)(C)C)[C@H](C(=O)NC(Cc2nc3ccccc3[nH]c2=O)C(N)=O)C1. The fourth-order valence-electron chi connectivity index (χ4n) is 4.73. The van der Waals surface area contributed by atoms with Gasteiger partial charge in [0.2, 0.25) is 17.7 Å². The van der Waals surface area contributed by atoms with Crippen LogP contribution in [0.25, 0.3) is 11.0 Å². The van der Waals surface area contributed by atoms with Gasteiger partial charge in [0, 0.05) is 13.0 Å². The second-order valence-corrected chi connectivity index (χ2v) is 12.1. The summed E-state index contributed by atoms with van der Waals surface area (Å²) >= 11 is 0. The molecule has 5 N–H and O–H groups in total. The largest absolute Gasteiger partial charge is 0.471 e. The van der Waals surface area contributed by atoms with Crippen LogP contribution in [0.5, 0.6) is 0 Å². The van der Waals surface area contributed by atoms with Crippen molar-refractivity contribution in [1.82, 2.24) is 25.5 Å². The number of H-pyrrole nitrogens is 1. The van der Waals surface area contributed by atoms with Crippen LogP contribution in [0.15, 0.2) is 29.1 Å². The van der Waals surface area contributed by atoms with Crippen molar-refractivity contribution in [2.24, 2.45) is 16.6 Å². The smallest absolute Gasteiger partial charge is 0.368 e. The predicted molar refractivity (Wildman–Crippen MR) is 143 cm³/mol. The van der Waals surface area contributed by atoms with E-state index in [2.05, 4.69) is 15.3 Å². The summed E-state index contributed by atoms with van der Waals surface area (Å²) in [6, 6.07) is 2.57. The van der Waals surface area contributed by atoms with E-state index in [0.29, 0.717) is 17.5 Å². The van der Waals surface area contributed by atoms with Crippen LogP contribution < -0.4 is 21.9 Å². The van der Waals surface area contributed by atoms with Crippen LogP contribution >= 0.6 is 0 Å². The number of rotatable bonds is 7. The predicted octanol–water partition coefficient (Wildman–Crippen LogP) is 1.55. The Hall–Kier alpha value is -3.97. The Balaban J connectivity index is 1.89. The van der Waals surface area contributed by atoms with Gasteiger partial charge in [0.05, 0.1) is 11.0 Å². The minimum atomic E-state index is -5.21. The number of hydrogen-bond donors (Lipinski definition) is 4. The number of aromatic nitrogens is 2. The quantitative estimate of drug-likeness (QED) is 0.388. The van der Waals surface area contributed by atoms with E-state index in [1.165, 1.54) is 20.8 Å². The Morgan fingerprint density at radius 3 is 2.37 bits per heavy atom. The van der Waals surface area contributed by atoms with E-state index in [0.717, 1.165) is 4.90 Å². The molecule has 1 aromatic carbocycles. The maximum absolute atomic E-state index is 13.6. The molecule has 1 aliphatic rings. The standard InChI is InChI=1S/C27H35F3N6O5/c1-25(2,3)19(35-24(41)27(28,29)30)23(40)36-11-10-26(4,5)13-18(36)22(39)34-16(20(31)37)12-17-21(38)33-15-9-7-6-8-14(15)32-17/h6-9,16,18-19H,10-13H2,1-5H3,(H2,31,37)(H,33,38)(H,34,39)(H,35,41)/t16?,18-,19+/m0/s1. The molecular formula is C27H35F3N6O5. The Labute approximate surface area is 234 Å². The lowest BCUT2D eigenvalue weighted by atomic mass is 9.77. The molecule has 14 heteroatoms. The number of likely N-dealkylation sites (tertiary alicyclic amines) is 1. The number of alkyl halides is 3. The number of carbonyl (C=O) groups excluding carboxylic acids is 4. The first-order valence-corrected chi connectivity index (χ1v) is 13.1. The molecule has 1 saturated heterocycles. The third-order valence-corrected chi connectivity index (χ3v) is 7.11. The number of nitrogens with two attached hydrogens (primary N) is 1. The van der Waals surface area contributed by atoms with E-state index < -0.39 is 64.3 Å². The topological polar surface area (TPSA) is 167 Å². The first-order chi connectivity index (χ1) is 18.8. The molecule has 11 nitrogen and oxygen atoms in total. The van der Waals surface area contributed by atoms with Gasteiger partial charge in [-0.05, 0) is 35.8 Å². The zero-order chi connectivity index (χ0) is 30.9. The minimum Gasteiger partial charge on any atom is -0.368 e. The van der Waals surface area contributed by atoms with Gasteiger partial charge in [-0.1, -0.05) is 46.8 Å². The molecule has 224 valence electrons. The van der Waals surface area contributed by atoms with Gasteiger partial charge in [-0.3, -0.25) is 24.0 Å². The molecule has 0 radical (unpaired) electrons. The van der Waals surface area contributed by atoms with Crippen molar-refractivity contribution in [1.29, 1.82) is 0 Å². The summed E-state index contributed by atoms with van der Waals surface area (Å²) in [6.07, 6.45) is -5.00. The third-order valence-electron chi connectivity index (χ3n) is 7.11. The molecule has 1 aliphatic heterocycles. The van der Waals surface area contributed by atoms with Crippen LogP contribution in [0.4, 0.5) is 13.2 Å². The zero-order valence-corrected chi connectivity index (χ0v) is 23.5. The summed E-state index contributed by atoms with van der Waals surface area (Å²) in [4.78, 5) is 71.9. The van der Waals surface area contributed by atoms with Crippen LogP contribution in [-0.2, 0) is 25.6 Å². The van der Waals surface area contributed by atoms with Crippen molar-refractivity contribution < 1.29 is 32.3 Å². The van der Waals surface area contributed by atoms with E-state index in [1.54, 1.807) is 29.6 Å². The Bertz CT molecular complexity index is 1400. The van der Waals surface area contributed by atoms with E-state index in [4.69, 9.17) is 5.73 Å². The van der Waals surface area contributed by atoms with Crippen LogP contribution in [0.3, 0.4) is 0 Å². The van der Waals surface area contributed by atoms with Gasteiger partial charge in [0.1, 0.15) is 23.8 Å². The highest BCUT2D eigenvalue weighted by Gasteiger charge is 2.48. The van der Waals surface area contributed by atoms with Crippen LogP contribution in [0.1, 0.15) is 53.2 Å². The van der Waals surface area contributed by atoms with E-state index in [-0.39, 0.29) is 25.1 Å². The first-order valence-electron chi connectivity index (χ1n) is 13.1. The maximum atomic E-state index is 13.6. The summed E-state index contributed by atoms with van der Waals surface area (Å²) in [5.74, 6) is -4.87. The summed E-state index contributed by atoms with van der Waals surface area (Å²) in [6.45, 7) is 8.23. The van der Waals surface area contributed by atoms with Crippen molar-refractivity contribution in [2.45, 2.75) is 78.2 Å². The number of benzene rings is 1. The van der Waals surface area contributed by atoms with Crippen molar-refractivity contribution in [2.75, 3.05) is 6.54 Å². The molecule has 41 heavy (non-hydrogen) atoms. The van der Waals surface area contributed by atoms with Crippen LogP contribution in [0.2, 0.25) is 0 Å². The highest BCUT2D eigenvalue weighted by atomic mass is 19.4. The summed E-state index contributed by atoms with van der Waals surface area (Å²) < 4.78 is 39.1. The number of piperidine rings is 1. The highest BCUT2D eigenvalue weighted by molar-refractivity contribution is 5.95. The Morgan fingerprint density at radius 1 is 1.15 bits per heavy atom. The molecular weight excluding hydrogens is 545 g/mol. The molecule has 3 rings (SSSR count). The molecule has 3 atom stereocenters. The van der Waals surface area contributed by atoms with Gasteiger partial charge >= 0.3 is 12.1 Å². The normalized spacial score (nSPS) is 18.8. The number of para-hydroxylation sites is 2. The van der Waals surface area contributed by atoms with Gasteiger partial charge in [-0.25, -0.2) is 4.98 Å². The first kappa shape index (κ1) is 31.6. The van der Waals surface area contributed by atoms with Gasteiger partial charge in [-0.15, -0.1) is 0 Å². The molecule has 1 fully saturated rings. The molecule has 0 spiro atoms. The van der Waals surface area contributed by atoms with Gasteiger partial charge < -0.3 is 26.3 Å². The molecule has 0 aliphatic carbocycles. The number of carbonyl (C=O) groups is 4. The van der Waals surface area contributed by atoms with Crippen LogP contribution in [0, 0.1) is 10.8 Å². The molecule has 4 amide bonds. The van der Waals surface area contributed by atoms with Crippen molar-refractivity contribution in [3.8, 4) is 0 Å². The summed E-state index contributed by atoms with van der Waals surface area (Å²) in [5.41, 5.74) is 4.28. The number of primary amides is 1. The maximum Gasteiger partial charge on any atom is 0.471 e. The highest BCUT2D eigenvalue weighted by Crippen LogP contribution is 2.35. The fourth-order valence-corrected chi connectivity index (χ4v) is 4.73. The second-order valence-electron chi connectivity index (χ2n) is 12.1. The number of nitrogens with zero attached hydrogens (tertiary/aromatic N) is 2. The number of amides is 4. The lowest BCUT2D eigenvalue weighted by molar-refractivity contribution is -0.176. The fraction of sp³-hybridized carbons (Fsp3) is 0.556. The van der Waals surface area contributed by atoms with Crippen LogP contribution in [-0.4, -0.2) is 69.3 Å². The zero-order valence-electron chi connectivity index (χ0n) is 23.5. The van der Waals surface area contributed by atoms with Gasteiger partial charge in [0.15, 0.2) is 0 Å². The molecule has 2 heterocycles. The molecule has 0 bridgehead atoms. The van der Waals surface area contributed by atoms with Crippen molar-refractivity contribution in [3.63, 3.8) is 0 Å². The van der Waals surface area contributed by atoms with E-state index in [9.17, 15) is 37.1 Å². The molecule has 1 aromatic heterocycles. The number of aromatic amines is 1. The second kappa shape index (κ2) is 11.5. The lowest BCUT2D eigenvalue weighted by Crippen LogP contribution is -2.64. The number of fused-ring (bicyclic) bond motifs is 1. The average molecular weight is 581 g/mol. The molecule has 2 aromatic rings. The average Bonchev–Trinajstić information content (AvgIpc) is 2.84. The number of halogens is 3. The van der Waals surface area contributed by atoms with Crippen molar-refractivity contribution >= 4 is 34.7 Å². The van der Waals surface area contributed by atoms with E-state index in [1.807, 2.05) is 13.8 Å². The molecule has 1 unspecified atom stereocenters. The number of hydrogen-bond acceptors (Lipinski definition) is 6. The Morgan fingerprint density at radius 2 is 1.78 bits per heavy atom. The Kier molecular flexibility index (Phi) is 8.84. The lowest BCUT2D eigenvalue weighted by Gasteiger charge is -2.45. The van der Waals surface area contributed by atoms with Crippen molar-refractivity contribution in [3.05, 3.63) is 40.3 Å². The molecule has 0 saturated carbocycles. The monoisotopic (exact) mass is 580 g/mol. The number of nitrogens with one attached hydrogen (secondary N) is 3. The minimum absolute atomic E-state index is 0.0194. The summed E-state index contributed by atoms with van der Waals surface area (Å²) in [7, 11) is 0.